The van der Waals surface area contributed by atoms with Gasteiger partial charge >= 0.3 is 12.1 Å². The predicted octanol–water partition coefficient (Wildman–Crippen LogP) is -0.466. The fourth-order valence-corrected chi connectivity index (χ4v) is 1.90. The van der Waals surface area contributed by atoms with Gasteiger partial charge < -0.3 is 16.1 Å². The summed E-state index contributed by atoms with van der Waals surface area (Å²) in [4.78, 5) is 29.1. The molecule has 0 bridgehead atoms. The number of nitrogens with one attached hydrogen (secondary N) is 2. The fourth-order valence-electron chi connectivity index (χ4n) is 1.90. The van der Waals surface area contributed by atoms with Crippen molar-refractivity contribution in [3.8, 4) is 11.8 Å². The molecule has 0 aliphatic carbocycles. The van der Waals surface area contributed by atoms with E-state index >= 15 is 0 Å². The molecule has 2 heterocycles. The van der Waals surface area contributed by atoms with Crippen LogP contribution in [-0.2, 0) is 4.79 Å². The SMILES string of the molecule is CN(C)n1cc(C#CCNC(=O)C(F)(F)F)c2c(=O)[nH]c(N)nc21. The zero-order chi connectivity index (χ0) is 18.1. The normalized spacial score (nSPS) is 11.0. The number of nitrogen functional groups attached to an aromatic ring is 1. The number of carbonyl (C=O) groups excluding carboxylic acids is 1. The van der Waals surface area contributed by atoms with Crippen LogP contribution >= 0.6 is 0 Å². The number of alkyl halides is 3. The van der Waals surface area contributed by atoms with Crippen molar-refractivity contribution in [3.63, 3.8) is 0 Å². The van der Waals surface area contributed by atoms with E-state index in [1.165, 1.54) is 10.9 Å². The van der Waals surface area contributed by atoms with E-state index < -0.39 is 24.2 Å². The quantitative estimate of drug-likeness (QED) is 0.640. The summed E-state index contributed by atoms with van der Waals surface area (Å²) in [5, 5.41) is 3.38. The molecule has 0 fully saturated rings. The van der Waals surface area contributed by atoms with Gasteiger partial charge in [-0.15, -0.1) is 0 Å². The number of nitrogens with two attached hydrogens (primary N) is 1. The summed E-state index contributed by atoms with van der Waals surface area (Å²) in [6.07, 6.45) is -3.48. The molecule has 8 nitrogen and oxygen atoms in total. The summed E-state index contributed by atoms with van der Waals surface area (Å²) in [5.41, 5.74) is 5.48. The Kier molecular flexibility index (Phi) is 4.41. The molecular weight excluding hydrogens is 329 g/mol. The van der Waals surface area contributed by atoms with Crippen LogP contribution in [0.25, 0.3) is 11.0 Å². The molecule has 0 aromatic carbocycles. The third-order valence-electron chi connectivity index (χ3n) is 2.91. The third kappa shape index (κ3) is 3.43. The highest BCUT2D eigenvalue weighted by Gasteiger charge is 2.38. The summed E-state index contributed by atoms with van der Waals surface area (Å²) in [6, 6.07) is 0. The Balaban J connectivity index is 2.36. The van der Waals surface area contributed by atoms with Crippen molar-refractivity contribution in [1.82, 2.24) is 20.0 Å². The number of fused-ring (bicyclic) bond motifs is 1. The van der Waals surface area contributed by atoms with Gasteiger partial charge in [0.25, 0.3) is 5.56 Å². The Labute approximate surface area is 133 Å². The second kappa shape index (κ2) is 6.15. The lowest BCUT2D eigenvalue weighted by atomic mass is 10.2. The molecule has 0 saturated heterocycles. The minimum atomic E-state index is -4.97. The van der Waals surface area contributed by atoms with Gasteiger partial charge in [-0.3, -0.25) is 14.6 Å². The summed E-state index contributed by atoms with van der Waals surface area (Å²) in [7, 11) is 3.39. The number of amides is 1. The molecule has 2 aromatic heterocycles. The maximum Gasteiger partial charge on any atom is 0.471 e. The summed E-state index contributed by atoms with van der Waals surface area (Å²) >= 11 is 0. The Hall–Kier alpha value is -3.16. The Morgan fingerprint density at radius 3 is 2.75 bits per heavy atom. The number of halogens is 3. The number of hydrogen-bond acceptors (Lipinski definition) is 5. The Bertz CT molecular complexity index is 901. The van der Waals surface area contributed by atoms with Crippen molar-refractivity contribution in [2.24, 2.45) is 0 Å². The first-order chi connectivity index (χ1) is 11.1. The average molecular weight is 342 g/mol. The number of nitrogens with zero attached hydrogens (tertiary/aromatic N) is 3. The molecule has 0 saturated carbocycles. The molecule has 0 radical (unpaired) electrons. The molecule has 2 rings (SSSR count). The van der Waals surface area contributed by atoms with E-state index in [1.807, 2.05) is 0 Å². The highest BCUT2D eigenvalue weighted by atomic mass is 19.4. The Morgan fingerprint density at radius 2 is 2.17 bits per heavy atom. The summed E-state index contributed by atoms with van der Waals surface area (Å²) in [6.45, 7) is -0.521. The van der Waals surface area contributed by atoms with Gasteiger partial charge in [0.2, 0.25) is 5.95 Å². The fraction of sp³-hybridized carbons (Fsp3) is 0.308. The van der Waals surface area contributed by atoms with Gasteiger partial charge in [0.15, 0.2) is 5.65 Å². The van der Waals surface area contributed by atoms with E-state index in [4.69, 9.17) is 5.73 Å². The zero-order valence-corrected chi connectivity index (χ0v) is 12.7. The first-order valence-electron chi connectivity index (χ1n) is 6.53. The molecular formula is C13H13F3N6O2. The molecule has 0 unspecified atom stereocenters. The van der Waals surface area contributed by atoms with Crippen LogP contribution in [0.5, 0.6) is 0 Å². The van der Waals surface area contributed by atoms with E-state index in [1.54, 1.807) is 24.4 Å². The molecule has 2 aromatic rings. The predicted molar refractivity (Wildman–Crippen MR) is 80.8 cm³/mol. The maximum atomic E-state index is 12.1. The lowest BCUT2D eigenvalue weighted by Gasteiger charge is -2.14. The first-order valence-corrected chi connectivity index (χ1v) is 6.53. The van der Waals surface area contributed by atoms with Crippen molar-refractivity contribution in [3.05, 3.63) is 22.1 Å². The third-order valence-corrected chi connectivity index (χ3v) is 2.91. The minimum Gasteiger partial charge on any atom is -0.369 e. The van der Waals surface area contributed by atoms with Crippen molar-refractivity contribution < 1.29 is 18.0 Å². The van der Waals surface area contributed by atoms with Gasteiger partial charge in [0.05, 0.1) is 12.1 Å². The van der Waals surface area contributed by atoms with Crippen LogP contribution in [0.2, 0.25) is 0 Å². The second-order valence-corrected chi connectivity index (χ2v) is 4.87. The molecule has 0 aliphatic heterocycles. The van der Waals surface area contributed by atoms with Crippen molar-refractivity contribution in [2.75, 3.05) is 31.4 Å². The largest absolute Gasteiger partial charge is 0.471 e. The van der Waals surface area contributed by atoms with Gasteiger partial charge in [-0.2, -0.15) is 18.2 Å². The van der Waals surface area contributed by atoms with E-state index in [2.05, 4.69) is 21.8 Å². The number of carbonyl (C=O) groups is 1. The zero-order valence-electron chi connectivity index (χ0n) is 12.7. The van der Waals surface area contributed by atoms with Crippen molar-refractivity contribution in [2.45, 2.75) is 6.18 Å². The van der Waals surface area contributed by atoms with Crippen LogP contribution in [0.3, 0.4) is 0 Å². The second-order valence-electron chi connectivity index (χ2n) is 4.87. The number of rotatable bonds is 2. The molecule has 0 atom stereocenters. The molecule has 4 N–H and O–H groups in total. The molecule has 11 heteroatoms. The van der Waals surface area contributed by atoms with Gasteiger partial charge in [0, 0.05) is 20.3 Å². The smallest absolute Gasteiger partial charge is 0.369 e. The Morgan fingerprint density at radius 1 is 1.50 bits per heavy atom. The van der Waals surface area contributed by atoms with Crippen molar-refractivity contribution >= 4 is 22.9 Å². The highest BCUT2D eigenvalue weighted by molar-refractivity contribution is 5.84. The van der Waals surface area contributed by atoms with Crippen LogP contribution in [0, 0.1) is 11.8 Å². The van der Waals surface area contributed by atoms with Gasteiger partial charge in [-0.25, -0.2) is 4.68 Å². The van der Waals surface area contributed by atoms with E-state index in [9.17, 15) is 22.8 Å². The lowest BCUT2D eigenvalue weighted by molar-refractivity contribution is -0.173. The van der Waals surface area contributed by atoms with E-state index in [0.717, 1.165) is 0 Å². The van der Waals surface area contributed by atoms with Crippen LogP contribution in [0.15, 0.2) is 11.0 Å². The van der Waals surface area contributed by atoms with E-state index in [0.29, 0.717) is 0 Å². The number of aromatic amines is 1. The van der Waals surface area contributed by atoms with Crippen LogP contribution < -0.4 is 21.6 Å². The number of H-pyrrole nitrogens is 1. The number of anilines is 1. The molecule has 128 valence electrons. The molecule has 0 spiro atoms. The number of aromatic nitrogens is 3. The van der Waals surface area contributed by atoms with Gasteiger partial charge in [-0.1, -0.05) is 11.8 Å². The van der Waals surface area contributed by atoms with Crippen LogP contribution in [0.1, 0.15) is 5.56 Å². The lowest BCUT2D eigenvalue weighted by Crippen LogP contribution is -2.36. The highest BCUT2D eigenvalue weighted by Crippen LogP contribution is 2.16. The topological polar surface area (TPSA) is 109 Å². The number of hydrogen-bond donors (Lipinski definition) is 3. The summed E-state index contributed by atoms with van der Waals surface area (Å²) in [5.74, 6) is 2.75. The maximum absolute atomic E-state index is 12.1. The minimum absolute atomic E-state index is 0.0781. The standard InChI is InChI=1S/C13H13F3N6O2/c1-21(2)22-6-7(4-3-5-18-11(24)13(14,15)16)8-9(22)19-12(17)20-10(8)23/h6H,5H2,1-2H3,(H,18,24)(H3,17,19,20,23). The van der Waals surface area contributed by atoms with Crippen LogP contribution in [-0.4, -0.2) is 47.4 Å². The molecule has 0 aliphatic rings. The van der Waals surface area contributed by atoms with Crippen molar-refractivity contribution in [1.29, 1.82) is 0 Å². The monoisotopic (exact) mass is 342 g/mol. The van der Waals surface area contributed by atoms with E-state index in [-0.39, 0.29) is 22.5 Å². The average Bonchev–Trinajstić information content (AvgIpc) is 2.81. The summed E-state index contributed by atoms with van der Waals surface area (Å²) < 4.78 is 37.7. The molecule has 24 heavy (non-hydrogen) atoms. The first kappa shape index (κ1) is 17.2. The van der Waals surface area contributed by atoms with Gasteiger partial charge in [-0.05, 0) is 0 Å². The van der Waals surface area contributed by atoms with Gasteiger partial charge in [0.1, 0.15) is 5.39 Å². The van der Waals surface area contributed by atoms with Crippen LogP contribution in [0.4, 0.5) is 19.1 Å². The molecule has 1 amide bonds.